The predicted molar refractivity (Wildman–Crippen MR) is 129 cm³/mol. The number of rotatable bonds is 8. The van der Waals surface area contributed by atoms with Crippen molar-refractivity contribution in [2.45, 2.75) is 32.4 Å². The summed E-state index contributed by atoms with van der Waals surface area (Å²) >= 11 is 0. The molecule has 1 aliphatic rings. The molecule has 1 aliphatic heterocycles. The number of guanidine groups is 1. The molecule has 1 fully saturated rings. The zero-order chi connectivity index (χ0) is 20.3. The average molecular weight is 527 g/mol. The van der Waals surface area contributed by atoms with Crippen LogP contribution in [-0.4, -0.2) is 54.7 Å². The van der Waals surface area contributed by atoms with Crippen LogP contribution >= 0.6 is 24.0 Å². The van der Waals surface area contributed by atoms with E-state index in [1.807, 2.05) is 24.3 Å². The van der Waals surface area contributed by atoms with Gasteiger partial charge in [0.15, 0.2) is 5.96 Å². The second-order valence-corrected chi connectivity index (χ2v) is 7.12. The number of nitrogens with one attached hydrogen (secondary N) is 2. The van der Waals surface area contributed by atoms with Gasteiger partial charge in [0.25, 0.3) is 0 Å². The molecule has 0 spiro atoms. The van der Waals surface area contributed by atoms with Crippen LogP contribution in [0.25, 0.3) is 0 Å². The third kappa shape index (κ3) is 8.43. The van der Waals surface area contributed by atoms with E-state index in [9.17, 15) is 4.39 Å². The molecule has 3 rings (SSSR count). The van der Waals surface area contributed by atoms with E-state index in [1.54, 1.807) is 12.4 Å². The van der Waals surface area contributed by atoms with E-state index in [1.165, 1.54) is 12.1 Å². The highest BCUT2D eigenvalue weighted by atomic mass is 127. The van der Waals surface area contributed by atoms with Gasteiger partial charge >= 0.3 is 0 Å². The molecule has 1 aromatic heterocycles. The largest absolute Gasteiger partial charge is 0.490 e. The highest BCUT2D eigenvalue weighted by Gasteiger charge is 2.20. The SMILES string of the molecule is CCNC(=NCCOc1cccnc1)NC1CCN(Cc2ccc(F)cc2)CC1.I. The van der Waals surface area contributed by atoms with Crippen LogP contribution in [0.4, 0.5) is 4.39 Å². The third-order valence-electron chi connectivity index (χ3n) is 4.86. The number of ether oxygens (including phenoxy) is 1. The molecule has 2 heterocycles. The van der Waals surface area contributed by atoms with Crippen molar-refractivity contribution in [3.05, 3.63) is 60.2 Å². The van der Waals surface area contributed by atoms with E-state index in [2.05, 4.69) is 32.4 Å². The van der Waals surface area contributed by atoms with E-state index in [4.69, 9.17) is 4.74 Å². The zero-order valence-electron chi connectivity index (χ0n) is 17.4. The summed E-state index contributed by atoms with van der Waals surface area (Å²) in [5.74, 6) is 1.41. The second kappa shape index (κ2) is 13.4. The lowest BCUT2D eigenvalue weighted by Gasteiger charge is -2.33. The minimum Gasteiger partial charge on any atom is -0.490 e. The van der Waals surface area contributed by atoms with Crippen molar-refractivity contribution >= 4 is 29.9 Å². The Balaban J connectivity index is 0.00000320. The van der Waals surface area contributed by atoms with E-state index >= 15 is 0 Å². The minimum absolute atomic E-state index is 0. The lowest BCUT2D eigenvalue weighted by atomic mass is 10.0. The molecule has 6 nitrogen and oxygen atoms in total. The quantitative estimate of drug-likeness (QED) is 0.239. The van der Waals surface area contributed by atoms with Gasteiger partial charge in [-0.25, -0.2) is 9.38 Å². The highest BCUT2D eigenvalue weighted by molar-refractivity contribution is 14.0. The number of nitrogens with zero attached hydrogens (tertiary/aromatic N) is 3. The molecule has 0 bridgehead atoms. The van der Waals surface area contributed by atoms with Gasteiger partial charge in [-0.2, -0.15) is 0 Å². The Morgan fingerprint density at radius 3 is 2.67 bits per heavy atom. The number of piperidine rings is 1. The predicted octanol–water partition coefficient (Wildman–Crippen LogP) is 3.44. The van der Waals surface area contributed by atoms with Crippen LogP contribution in [0.2, 0.25) is 0 Å². The fourth-order valence-electron chi connectivity index (χ4n) is 3.35. The molecule has 0 saturated carbocycles. The first kappa shape index (κ1) is 24.3. The molecule has 0 radical (unpaired) electrons. The summed E-state index contributed by atoms with van der Waals surface area (Å²) in [5, 5.41) is 6.85. The van der Waals surface area contributed by atoms with Gasteiger partial charge in [-0.15, -0.1) is 24.0 Å². The van der Waals surface area contributed by atoms with Gasteiger partial charge in [-0.3, -0.25) is 9.88 Å². The molecule has 0 amide bonds. The number of pyridine rings is 1. The van der Waals surface area contributed by atoms with Crippen molar-refractivity contribution in [3.63, 3.8) is 0 Å². The van der Waals surface area contributed by atoms with E-state index in [0.717, 1.165) is 56.3 Å². The van der Waals surface area contributed by atoms with Crippen molar-refractivity contribution in [1.82, 2.24) is 20.5 Å². The maximum atomic E-state index is 13.0. The molecule has 8 heteroatoms. The van der Waals surface area contributed by atoms with Crippen molar-refractivity contribution in [3.8, 4) is 5.75 Å². The number of benzene rings is 1. The summed E-state index contributed by atoms with van der Waals surface area (Å²) in [6.07, 6.45) is 5.53. The van der Waals surface area contributed by atoms with Crippen LogP contribution in [-0.2, 0) is 6.54 Å². The summed E-state index contributed by atoms with van der Waals surface area (Å²) < 4.78 is 18.7. The van der Waals surface area contributed by atoms with E-state index in [-0.39, 0.29) is 29.8 Å². The van der Waals surface area contributed by atoms with Gasteiger partial charge in [0, 0.05) is 38.4 Å². The topological polar surface area (TPSA) is 61.8 Å². The number of hydrogen-bond donors (Lipinski definition) is 2. The van der Waals surface area contributed by atoms with Gasteiger partial charge < -0.3 is 15.4 Å². The summed E-state index contributed by atoms with van der Waals surface area (Å²) in [7, 11) is 0. The van der Waals surface area contributed by atoms with E-state index in [0.29, 0.717) is 19.2 Å². The molecule has 0 atom stereocenters. The normalized spacial score (nSPS) is 15.3. The van der Waals surface area contributed by atoms with Crippen LogP contribution < -0.4 is 15.4 Å². The summed E-state index contributed by atoms with van der Waals surface area (Å²) in [6, 6.07) is 10.9. The van der Waals surface area contributed by atoms with Crippen LogP contribution in [0.15, 0.2) is 53.8 Å². The van der Waals surface area contributed by atoms with E-state index < -0.39 is 0 Å². The van der Waals surface area contributed by atoms with Crippen LogP contribution in [0.5, 0.6) is 5.75 Å². The maximum Gasteiger partial charge on any atom is 0.191 e. The third-order valence-corrected chi connectivity index (χ3v) is 4.86. The average Bonchev–Trinajstić information content (AvgIpc) is 2.75. The van der Waals surface area contributed by atoms with Crippen molar-refractivity contribution < 1.29 is 9.13 Å². The fourth-order valence-corrected chi connectivity index (χ4v) is 3.35. The monoisotopic (exact) mass is 527 g/mol. The number of likely N-dealkylation sites (tertiary alicyclic amines) is 1. The smallest absolute Gasteiger partial charge is 0.191 e. The molecule has 1 saturated heterocycles. The standard InChI is InChI=1S/C22H30FN5O.HI/c1-2-25-22(26-12-15-29-21-4-3-11-24-16-21)27-20-9-13-28(14-10-20)17-18-5-7-19(23)8-6-18;/h3-8,11,16,20H,2,9-10,12-15,17H2,1H3,(H2,25,26,27);1H. The van der Waals surface area contributed by atoms with Gasteiger partial charge in [0.05, 0.1) is 12.7 Å². The van der Waals surface area contributed by atoms with Crippen LogP contribution in [0.1, 0.15) is 25.3 Å². The van der Waals surface area contributed by atoms with Crippen molar-refractivity contribution in [2.75, 3.05) is 32.8 Å². The van der Waals surface area contributed by atoms with Crippen LogP contribution in [0.3, 0.4) is 0 Å². The number of aromatic nitrogens is 1. The first-order valence-corrected chi connectivity index (χ1v) is 10.3. The first-order chi connectivity index (χ1) is 14.2. The Morgan fingerprint density at radius 2 is 2.00 bits per heavy atom. The molecule has 164 valence electrons. The summed E-state index contributed by atoms with van der Waals surface area (Å²) in [4.78, 5) is 11.1. The molecule has 2 N–H and O–H groups in total. The molecule has 0 aliphatic carbocycles. The van der Waals surface area contributed by atoms with Gasteiger partial charge in [-0.1, -0.05) is 12.1 Å². The molecular weight excluding hydrogens is 496 g/mol. The Kier molecular flexibility index (Phi) is 10.9. The molecule has 1 aromatic carbocycles. The minimum atomic E-state index is -0.183. The summed E-state index contributed by atoms with van der Waals surface area (Å²) in [5.41, 5.74) is 1.15. The van der Waals surface area contributed by atoms with Crippen molar-refractivity contribution in [1.29, 1.82) is 0 Å². The Morgan fingerprint density at radius 1 is 1.23 bits per heavy atom. The fraction of sp³-hybridized carbons (Fsp3) is 0.455. The zero-order valence-corrected chi connectivity index (χ0v) is 19.7. The maximum absolute atomic E-state index is 13.0. The summed E-state index contributed by atoms with van der Waals surface area (Å²) in [6.45, 7) is 6.86. The van der Waals surface area contributed by atoms with Gasteiger partial charge in [0.1, 0.15) is 18.2 Å². The lowest BCUT2D eigenvalue weighted by molar-refractivity contribution is 0.198. The Bertz CT molecular complexity index is 752. The molecule has 0 unspecified atom stereocenters. The Labute approximate surface area is 195 Å². The number of aliphatic imine (C=N–C) groups is 1. The lowest BCUT2D eigenvalue weighted by Crippen LogP contribution is -2.48. The molecule has 30 heavy (non-hydrogen) atoms. The van der Waals surface area contributed by atoms with Crippen molar-refractivity contribution in [2.24, 2.45) is 4.99 Å². The Hall–Kier alpha value is -1.94. The molecule has 2 aromatic rings. The molecular formula is C22H31FIN5O. The van der Waals surface area contributed by atoms with Gasteiger partial charge in [0.2, 0.25) is 0 Å². The highest BCUT2D eigenvalue weighted by Crippen LogP contribution is 2.14. The number of halogens is 2. The number of hydrogen-bond acceptors (Lipinski definition) is 4. The second-order valence-electron chi connectivity index (χ2n) is 7.12. The van der Waals surface area contributed by atoms with Crippen LogP contribution in [0, 0.1) is 5.82 Å². The first-order valence-electron chi connectivity index (χ1n) is 10.3. The van der Waals surface area contributed by atoms with Gasteiger partial charge in [-0.05, 0) is 49.6 Å².